The van der Waals surface area contributed by atoms with Gasteiger partial charge in [-0.05, 0) is 91.4 Å². The molecule has 0 spiro atoms. The van der Waals surface area contributed by atoms with E-state index in [2.05, 4.69) is 56.2 Å². The first-order valence-corrected chi connectivity index (χ1v) is 23.2. The lowest BCUT2D eigenvalue weighted by molar-refractivity contribution is -0.243. The van der Waals surface area contributed by atoms with Crippen molar-refractivity contribution in [3.8, 4) is 0 Å². The topological polar surface area (TPSA) is 140 Å². The Hall–Kier alpha value is -2.98. The molecule has 0 amide bonds. The van der Waals surface area contributed by atoms with Crippen molar-refractivity contribution < 1.29 is 43.9 Å². The summed E-state index contributed by atoms with van der Waals surface area (Å²) in [5, 5.41) is 32.9. The van der Waals surface area contributed by atoms with E-state index in [1.807, 2.05) is 34.6 Å². The van der Waals surface area contributed by atoms with Crippen LogP contribution in [0.1, 0.15) is 125 Å². The van der Waals surface area contributed by atoms with Crippen LogP contribution in [-0.4, -0.2) is 73.7 Å². The molecule has 330 valence electrons. The van der Waals surface area contributed by atoms with Gasteiger partial charge in [0.1, 0.15) is 67.7 Å². The van der Waals surface area contributed by atoms with Crippen molar-refractivity contribution in [2.45, 2.75) is 160 Å². The number of ketones is 3. The van der Waals surface area contributed by atoms with E-state index >= 15 is 0 Å². The van der Waals surface area contributed by atoms with Crippen molar-refractivity contribution in [2.24, 2.45) is 51.8 Å². The molecular formula is C50H69ClO9. The number of alkyl halides is 1. The van der Waals surface area contributed by atoms with Gasteiger partial charge in [0.25, 0.3) is 0 Å². The van der Waals surface area contributed by atoms with Gasteiger partial charge in [-0.25, -0.2) is 0 Å². The highest BCUT2D eigenvalue weighted by atomic mass is 35.5. The van der Waals surface area contributed by atoms with Crippen LogP contribution < -0.4 is 0 Å². The third-order valence-electron chi connectivity index (χ3n) is 17.3. The Bertz CT molecular complexity index is 1870. The Morgan fingerprint density at radius 2 is 0.983 bits per heavy atom. The van der Waals surface area contributed by atoms with Crippen LogP contribution in [0.25, 0.3) is 0 Å². The Kier molecular flexibility index (Phi) is 12.2. The first-order valence-electron chi connectivity index (χ1n) is 22.7. The number of allylic oxidation sites excluding steroid dienone is 3. The zero-order valence-corrected chi connectivity index (χ0v) is 37.3. The molecule has 6 aliphatic carbocycles. The quantitative estimate of drug-likeness (QED) is 0.154. The van der Waals surface area contributed by atoms with Crippen molar-refractivity contribution >= 4 is 29.0 Å². The highest BCUT2D eigenvalue weighted by molar-refractivity contribution is 6.18. The zero-order chi connectivity index (χ0) is 43.6. The number of ether oxygens (including phenoxy) is 3. The molecule has 3 N–H and O–H groups in total. The van der Waals surface area contributed by atoms with E-state index in [0.717, 1.165) is 64.2 Å². The lowest BCUT2D eigenvalue weighted by Gasteiger charge is -2.59. The van der Waals surface area contributed by atoms with Crippen LogP contribution in [0.4, 0.5) is 0 Å². The van der Waals surface area contributed by atoms with E-state index in [-0.39, 0.29) is 52.9 Å². The predicted molar refractivity (Wildman–Crippen MR) is 231 cm³/mol. The smallest absolute Gasteiger partial charge is 0.141 e. The average Bonchev–Trinajstić information content (AvgIpc) is 3.62. The third kappa shape index (κ3) is 6.19. The van der Waals surface area contributed by atoms with Crippen LogP contribution in [0.2, 0.25) is 0 Å². The molecule has 3 saturated carbocycles. The van der Waals surface area contributed by atoms with Gasteiger partial charge in [0.15, 0.2) is 0 Å². The van der Waals surface area contributed by atoms with Gasteiger partial charge >= 0.3 is 0 Å². The van der Waals surface area contributed by atoms with E-state index < -0.39 is 51.4 Å². The highest BCUT2D eigenvalue weighted by Gasteiger charge is 2.77. The zero-order valence-electron chi connectivity index (χ0n) is 36.6. The molecule has 9 aliphatic rings. The fourth-order valence-corrected chi connectivity index (χ4v) is 13.7. The number of rotatable bonds is 9. The minimum absolute atomic E-state index is 0.0845. The second-order valence-electron chi connectivity index (χ2n) is 19.9. The maximum atomic E-state index is 12.5. The molecule has 10 heteroatoms. The standard InChI is InChI=1S/C17H23ClO3.C17H24O3.C16H22O3/c1-11-17(15(20)12-6-4-3-5-7-12)10-14(19)13(8-9-18)16(17,2)21-11;1-4-13-14(18)10-17(11(2)20-16(13,17)3)15(19)12-8-6-5-7-9-12;1-10-13(17)9-16(11(2)19-15(10,16)3)14(18)12-7-5-4-6-8-12/h4,6,12-13,15,20H,1,3,5,7-10H2,2H3;6,8,12-13,15,19H,2,4-5,7,9-10H2,1,3H3;5,7,10,12,14,18H,2,4,6,8-9H2,1,3H3/t2*12-,13-,15+,16+,17+;10-,12-,14+,15+,16+/m111/s1. The summed E-state index contributed by atoms with van der Waals surface area (Å²) in [6.07, 6.45) is 22.8. The lowest BCUT2D eigenvalue weighted by atomic mass is 9.59. The third-order valence-corrected chi connectivity index (χ3v) is 17.6. The SMILES string of the molecule is C=C1O[C@@]2(C)[C@H](C)C(=O)C[C@@]12[C@@H](O)[C@@H]1C=CCCC1.C=C1O[C@@]2(C)[C@H](CC)C(=O)C[C@@]12[C@@H](O)[C@@H]1C=CCCC1.C=C1O[C@@]2(C)[C@H](CCCl)C(=O)C[C@@]12[C@@H](O)[C@@H]1C=CCCC1. The van der Waals surface area contributed by atoms with Crippen LogP contribution in [0.3, 0.4) is 0 Å². The van der Waals surface area contributed by atoms with E-state index in [9.17, 15) is 29.7 Å². The molecule has 60 heavy (non-hydrogen) atoms. The first kappa shape index (κ1) is 45.1. The van der Waals surface area contributed by atoms with E-state index in [1.165, 1.54) is 0 Å². The monoisotopic (exact) mass is 848 g/mol. The molecule has 3 saturated heterocycles. The van der Waals surface area contributed by atoms with E-state index in [1.54, 1.807) is 0 Å². The second kappa shape index (κ2) is 16.3. The van der Waals surface area contributed by atoms with Gasteiger partial charge in [-0.15, -0.1) is 11.6 Å². The lowest BCUT2D eigenvalue weighted by Crippen LogP contribution is -2.65. The van der Waals surface area contributed by atoms with Crippen molar-refractivity contribution in [2.75, 3.05) is 5.88 Å². The van der Waals surface area contributed by atoms with Crippen molar-refractivity contribution in [1.29, 1.82) is 0 Å². The molecule has 9 nitrogen and oxygen atoms in total. The highest BCUT2D eigenvalue weighted by Crippen LogP contribution is 2.69. The molecule has 9 rings (SSSR count). The maximum Gasteiger partial charge on any atom is 0.141 e. The van der Waals surface area contributed by atoms with Gasteiger partial charge in [-0.1, -0.05) is 70.0 Å². The second-order valence-corrected chi connectivity index (χ2v) is 20.2. The number of hydrogen-bond acceptors (Lipinski definition) is 9. The molecule has 15 atom stereocenters. The molecule has 0 aromatic rings. The Labute approximate surface area is 362 Å². The van der Waals surface area contributed by atoms with Gasteiger partial charge in [-0.2, -0.15) is 0 Å². The van der Waals surface area contributed by atoms with E-state index in [4.69, 9.17) is 25.8 Å². The molecular weight excluding hydrogens is 780 g/mol. The predicted octanol–water partition coefficient (Wildman–Crippen LogP) is 8.80. The molecule has 0 bridgehead atoms. The minimum Gasteiger partial charge on any atom is -0.490 e. The maximum absolute atomic E-state index is 12.5. The Balaban J connectivity index is 0.000000136. The van der Waals surface area contributed by atoms with Gasteiger partial charge in [0.2, 0.25) is 0 Å². The number of carbonyl (C=O) groups excluding carboxylic acids is 3. The number of hydrogen-bond donors (Lipinski definition) is 3. The molecule has 0 aromatic heterocycles. The van der Waals surface area contributed by atoms with Gasteiger partial charge in [0, 0.05) is 42.9 Å². The summed E-state index contributed by atoms with van der Waals surface area (Å²) in [5.74, 6) is 2.55. The normalized spacial score (nSPS) is 44.8. The molecule has 3 aliphatic heterocycles. The number of Topliss-reactive ketones (excluding diaryl/α,β-unsaturated/α-hetero) is 3. The van der Waals surface area contributed by atoms with E-state index in [0.29, 0.717) is 48.8 Å². The van der Waals surface area contributed by atoms with Crippen molar-refractivity contribution in [3.05, 3.63) is 73.5 Å². The number of carbonyl (C=O) groups is 3. The van der Waals surface area contributed by atoms with Crippen LogP contribution in [0, 0.1) is 51.8 Å². The van der Waals surface area contributed by atoms with Crippen LogP contribution in [0.5, 0.6) is 0 Å². The fraction of sp³-hybridized carbons (Fsp3) is 0.700. The largest absolute Gasteiger partial charge is 0.490 e. The minimum atomic E-state index is -0.652. The summed E-state index contributed by atoms with van der Waals surface area (Å²) < 4.78 is 17.4. The summed E-state index contributed by atoms with van der Waals surface area (Å²) in [6.45, 7) is 21.7. The number of aliphatic hydroxyl groups excluding tert-OH is 3. The fourth-order valence-electron chi connectivity index (χ4n) is 13.5. The summed E-state index contributed by atoms with van der Waals surface area (Å²) in [4.78, 5) is 36.9. The first-order chi connectivity index (χ1) is 28.4. The molecule has 6 fully saturated rings. The summed E-state index contributed by atoms with van der Waals surface area (Å²) in [6, 6.07) is 0. The summed E-state index contributed by atoms with van der Waals surface area (Å²) >= 11 is 5.85. The Morgan fingerprint density at radius 3 is 1.32 bits per heavy atom. The number of halogens is 1. The summed E-state index contributed by atoms with van der Waals surface area (Å²) in [7, 11) is 0. The Morgan fingerprint density at radius 1 is 0.633 bits per heavy atom. The van der Waals surface area contributed by atoms with Crippen LogP contribution >= 0.6 is 11.6 Å². The van der Waals surface area contributed by atoms with Gasteiger partial charge in [0.05, 0.1) is 36.1 Å². The molecule has 0 aromatic carbocycles. The molecule has 0 unspecified atom stereocenters. The molecule has 3 heterocycles. The number of aliphatic hydroxyl groups is 3. The van der Waals surface area contributed by atoms with Gasteiger partial charge < -0.3 is 29.5 Å². The number of fused-ring (bicyclic) bond motifs is 3. The van der Waals surface area contributed by atoms with Crippen molar-refractivity contribution in [3.63, 3.8) is 0 Å². The van der Waals surface area contributed by atoms with Crippen molar-refractivity contribution in [1.82, 2.24) is 0 Å². The average molecular weight is 850 g/mol. The summed E-state index contributed by atoms with van der Waals surface area (Å²) in [5.41, 5.74) is -3.58. The molecule has 0 radical (unpaired) electrons. The van der Waals surface area contributed by atoms with Crippen LogP contribution in [0.15, 0.2) is 73.5 Å². The van der Waals surface area contributed by atoms with Gasteiger partial charge in [-0.3, -0.25) is 14.4 Å². The van der Waals surface area contributed by atoms with Crippen LogP contribution in [-0.2, 0) is 28.6 Å².